The van der Waals surface area contributed by atoms with Gasteiger partial charge in [-0.05, 0) is 70.5 Å². The Morgan fingerprint density at radius 2 is 1.64 bits per heavy atom. The second-order valence-corrected chi connectivity index (χ2v) is 6.35. The number of fused-ring (bicyclic) bond motifs is 5. The first-order valence-electron chi connectivity index (χ1n) is 8.84. The lowest BCUT2D eigenvalue weighted by Gasteiger charge is -2.18. The van der Waals surface area contributed by atoms with Crippen molar-refractivity contribution in [1.82, 2.24) is 0 Å². The highest BCUT2D eigenvalue weighted by atomic mass is 16.5. The molecule has 0 N–H and O–H groups in total. The molecular formula is C23H21NO. The van der Waals surface area contributed by atoms with Crippen LogP contribution in [-0.4, -0.2) is 6.40 Å². The van der Waals surface area contributed by atoms with Gasteiger partial charge in [0, 0.05) is 6.20 Å². The minimum absolute atomic E-state index is 1.25. The second kappa shape index (κ2) is 7.35. The molecule has 5 rings (SSSR count). The van der Waals surface area contributed by atoms with E-state index in [-0.39, 0.29) is 0 Å². The SMILES string of the molecule is C1=CN=COC=C1.c1ccc2c(c1)ccc1c3c(ccc12)CCCC3. The van der Waals surface area contributed by atoms with Crippen LogP contribution in [0.5, 0.6) is 0 Å². The van der Waals surface area contributed by atoms with E-state index < -0.39 is 0 Å². The van der Waals surface area contributed by atoms with Crippen molar-refractivity contribution in [3.05, 3.63) is 84.3 Å². The summed E-state index contributed by atoms with van der Waals surface area (Å²) in [6.07, 6.45) is 13.4. The number of hydrogen-bond acceptors (Lipinski definition) is 2. The topological polar surface area (TPSA) is 21.6 Å². The number of aryl methyl sites for hydroxylation is 2. The number of allylic oxidation sites excluding steroid dienone is 2. The highest BCUT2D eigenvalue weighted by molar-refractivity contribution is 6.08. The van der Waals surface area contributed by atoms with E-state index >= 15 is 0 Å². The molecule has 3 aromatic carbocycles. The van der Waals surface area contributed by atoms with Crippen molar-refractivity contribution in [2.75, 3.05) is 0 Å². The van der Waals surface area contributed by atoms with E-state index in [9.17, 15) is 0 Å². The summed E-state index contributed by atoms with van der Waals surface area (Å²) in [5.41, 5.74) is 3.17. The second-order valence-electron chi connectivity index (χ2n) is 6.35. The van der Waals surface area contributed by atoms with Crippen LogP contribution in [0, 0.1) is 0 Å². The fourth-order valence-corrected chi connectivity index (χ4v) is 3.64. The molecule has 0 radical (unpaired) electrons. The van der Waals surface area contributed by atoms with Gasteiger partial charge >= 0.3 is 0 Å². The average molecular weight is 327 g/mol. The molecule has 2 nitrogen and oxygen atoms in total. The summed E-state index contributed by atoms with van der Waals surface area (Å²) < 4.78 is 4.66. The molecule has 0 bridgehead atoms. The molecule has 25 heavy (non-hydrogen) atoms. The maximum Gasteiger partial charge on any atom is 0.180 e. The van der Waals surface area contributed by atoms with Crippen LogP contribution in [-0.2, 0) is 17.6 Å². The van der Waals surface area contributed by atoms with Crippen molar-refractivity contribution in [1.29, 1.82) is 0 Å². The monoisotopic (exact) mass is 327 g/mol. The van der Waals surface area contributed by atoms with Crippen molar-refractivity contribution in [2.45, 2.75) is 25.7 Å². The highest BCUT2D eigenvalue weighted by Crippen LogP contribution is 2.33. The predicted octanol–water partition coefficient (Wildman–Crippen LogP) is 5.94. The van der Waals surface area contributed by atoms with Gasteiger partial charge in [-0.25, -0.2) is 4.99 Å². The van der Waals surface area contributed by atoms with Gasteiger partial charge in [-0.2, -0.15) is 0 Å². The lowest BCUT2D eigenvalue weighted by Crippen LogP contribution is -2.02. The van der Waals surface area contributed by atoms with Crippen LogP contribution < -0.4 is 0 Å². The van der Waals surface area contributed by atoms with Crippen LogP contribution in [0.2, 0.25) is 0 Å². The first-order valence-corrected chi connectivity index (χ1v) is 8.84. The summed E-state index contributed by atoms with van der Waals surface area (Å²) in [6.45, 7) is 0. The van der Waals surface area contributed by atoms with Crippen LogP contribution in [0.4, 0.5) is 0 Å². The largest absolute Gasteiger partial charge is 0.453 e. The van der Waals surface area contributed by atoms with Gasteiger partial charge in [-0.1, -0.05) is 48.5 Å². The summed E-state index contributed by atoms with van der Waals surface area (Å²) in [7, 11) is 0. The van der Waals surface area contributed by atoms with Gasteiger partial charge in [-0.15, -0.1) is 0 Å². The zero-order valence-electron chi connectivity index (χ0n) is 14.2. The standard InChI is InChI=1S/C18H16.C5H5NO/c1-3-7-15-13(5-1)9-11-18-16-8-4-2-6-14(16)10-12-17(15)18;1-2-4-7-5-6-3-1/h1,3,5,7,9-12H,2,4,6,8H2;1-5H. The van der Waals surface area contributed by atoms with Crippen LogP contribution in [0.25, 0.3) is 21.5 Å². The Morgan fingerprint density at radius 3 is 2.64 bits per heavy atom. The van der Waals surface area contributed by atoms with Crippen LogP contribution in [0.1, 0.15) is 24.0 Å². The van der Waals surface area contributed by atoms with Gasteiger partial charge in [0.1, 0.15) is 0 Å². The molecule has 2 heteroatoms. The number of hydrogen-bond donors (Lipinski definition) is 0. The van der Waals surface area contributed by atoms with Gasteiger partial charge in [0.15, 0.2) is 6.40 Å². The quantitative estimate of drug-likeness (QED) is 0.468. The molecule has 0 unspecified atom stereocenters. The summed E-state index contributed by atoms with van der Waals surface area (Å²) >= 11 is 0. The van der Waals surface area contributed by atoms with E-state index in [1.807, 2.05) is 0 Å². The fourth-order valence-electron chi connectivity index (χ4n) is 3.64. The molecule has 2 aliphatic rings. The highest BCUT2D eigenvalue weighted by Gasteiger charge is 2.13. The third-order valence-corrected chi connectivity index (χ3v) is 4.82. The third kappa shape index (κ3) is 3.34. The third-order valence-electron chi connectivity index (χ3n) is 4.82. The number of rotatable bonds is 0. The molecule has 3 aromatic rings. The maximum atomic E-state index is 4.66. The molecule has 0 saturated carbocycles. The molecule has 0 saturated heterocycles. The number of nitrogens with zero attached hydrogens (tertiary/aromatic N) is 1. The van der Waals surface area contributed by atoms with Crippen molar-refractivity contribution in [3.63, 3.8) is 0 Å². The van der Waals surface area contributed by atoms with Gasteiger partial charge < -0.3 is 4.74 Å². The minimum Gasteiger partial charge on any atom is -0.453 e. The van der Waals surface area contributed by atoms with Gasteiger partial charge in [0.25, 0.3) is 0 Å². The van der Waals surface area contributed by atoms with Crippen LogP contribution in [0.3, 0.4) is 0 Å². The Labute approximate surface area is 148 Å². The summed E-state index contributed by atoms with van der Waals surface area (Å²) in [5, 5.41) is 5.64. The van der Waals surface area contributed by atoms with Crippen molar-refractivity contribution in [2.24, 2.45) is 4.99 Å². The zero-order valence-corrected chi connectivity index (χ0v) is 14.2. The first-order chi connectivity index (χ1) is 12.4. The molecule has 0 atom stereocenters. The summed E-state index contributed by atoms with van der Waals surface area (Å²) in [6, 6.07) is 18.0. The molecule has 124 valence electrons. The fraction of sp³-hybridized carbons (Fsp3) is 0.174. The van der Waals surface area contributed by atoms with E-state index in [0.717, 1.165) is 0 Å². The van der Waals surface area contributed by atoms with Crippen LogP contribution in [0.15, 0.2) is 78.1 Å². The van der Waals surface area contributed by atoms with E-state index in [2.05, 4.69) is 58.3 Å². The normalized spacial score (nSPS) is 15.2. The van der Waals surface area contributed by atoms with Gasteiger partial charge in [0.2, 0.25) is 0 Å². The molecule has 0 aromatic heterocycles. The van der Waals surface area contributed by atoms with Crippen molar-refractivity contribution >= 4 is 27.9 Å². The molecule has 0 fully saturated rings. The minimum atomic E-state index is 1.25. The molecule has 0 spiro atoms. The van der Waals surface area contributed by atoms with Gasteiger partial charge in [-0.3, -0.25) is 0 Å². The molecule has 1 heterocycles. The number of ether oxygens (including phenoxy) is 1. The molecule has 0 amide bonds. The van der Waals surface area contributed by atoms with E-state index in [0.29, 0.717) is 0 Å². The molecular weight excluding hydrogens is 306 g/mol. The van der Waals surface area contributed by atoms with E-state index in [4.69, 9.17) is 0 Å². The zero-order chi connectivity index (χ0) is 16.9. The van der Waals surface area contributed by atoms with E-state index in [1.165, 1.54) is 53.6 Å². The predicted molar refractivity (Wildman–Crippen MR) is 106 cm³/mol. The number of aliphatic imine (C=N–C) groups is 1. The summed E-state index contributed by atoms with van der Waals surface area (Å²) in [5.74, 6) is 0. The lowest BCUT2D eigenvalue weighted by molar-refractivity contribution is 0.495. The Hall–Kier alpha value is -2.87. The van der Waals surface area contributed by atoms with E-state index in [1.54, 1.807) is 35.7 Å². The Kier molecular flexibility index (Phi) is 4.60. The average Bonchev–Trinajstić information content (AvgIpc) is 3.01. The van der Waals surface area contributed by atoms with Crippen molar-refractivity contribution < 1.29 is 4.74 Å². The Morgan fingerprint density at radius 1 is 0.760 bits per heavy atom. The van der Waals surface area contributed by atoms with Crippen LogP contribution >= 0.6 is 0 Å². The smallest absolute Gasteiger partial charge is 0.180 e. The molecule has 1 aliphatic carbocycles. The van der Waals surface area contributed by atoms with Gasteiger partial charge in [0.05, 0.1) is 6.26 Å². The molecule has 1 aliphatic heterocycles. The number of benzene rings is 3. The summed E-state index contributed by atoms with van der Waals surface area (Å²) in [4.78, 5) is 3.68. The van der Waals surface area contributed by atoms with Crippen molar-refractivity contribution in [3.8, 4) is 0 Å². The Balaban J connectivity index is 0.000000190. The maximum absolute atomic E-state index is 4.66. The first kappa shape index (κ1) is 15.6. The lowest BCUT2D eigenvalue weighted by atomic mass is 9.86. The Bertz CT molecular complexity index is 968.